The fraction of sp³-hybridized carbons (Fsp3) is 0.571. The number of piperidine rings is 1. The van der Waals surface area contributed by atoms with Gasteiger partial charge in [-0.3, -0.25) is 0 Å². The third-order valence-electron chi connectivity index (χ3n) is 3.91. The summed E-state index contributed by atoms with van der Waals surface area (Å²) in [6, 6.07) is 5.92. The van der Waals surface area contributed by atoms with Crippen molar-refractivity contribution in [1.82, 2.24) is 5.32 Å². The summed E-state index contributed by atoms with van der Waals surface area (Å²) in [6.07, 6.45) is 1.72. The number of aliphatic hydroxyl groups is 1. The summed E-state index contributed by atoms with van der Waals surface area (Å²) in [5.41, 5.74) is 1.29. The highest BCUT2D eigenvalue weighted by Crippen LogP contribution is 2.38. The van der Waals surface area contributed by atoms with E-state index >= 15 is 0 Å². The maximum Gasteiger partial charge on any atom is 0.0949 e. The summed E-state index contributed by atoms with van der Waals surface area (Å²) in [7, 11) is 0. The zero-order chi connectivity index (χ0) is 12.5. The van der Waals surface area contributed by atoms with Crippen molar-refractivity contribution in [3.05, 3.63) is 34.3 Å². The van der Waals surface area contributed by atoms with E-state index in [4.69, 9.17) is 11.6 Å². The van der Waals surface area contributed by atoms with E-state index in [1.807, 2.05) is 25.1 Å². The quantitative estimate of drug-likeness (QED) is 0.850. The van der Waals surface area contributed by atoms with Gasteiger partial charge in [0.05, 0.1) is 5.60 Å². The van der Waals surface area contributed by atoms with E-state index in [2.05, 4.69) is 12.2 Å². The lowest BCUT2D eigenvalue weighted by molar-refractivity contribution is -0.0478. The Hall–Kier alpha value is -0.570. The van der Waals surface area contributed by atoms with Crippen molar-refractivity contribution >= 4 is 11.6 Å². The molecule has 0 radical (unpaired) electrons. The highest BCUT2D eigenvalue weighted by Gasteiger charge is 2.39. The number of halogens is 1. The first-order chi connectivity index (χ1) is 8.08. The molecule has 1 heterocycles. The van der Waals surface area contributed by atoms with E-state index in [0.29, 0.717) is 0 Å². The van der Waals surface area contributed by atoms with Gasteiger partial charge < -0.3 is 10.4 Å². The topological polar surface area (TPSA) is 32.3 Å². The Labute approximate surface area is 108 Å². The van der Waals surface area contributed by atoms with Crippen molar-refractivity contribution in [2.24, 2.45) is 5.92 Å². The van der Waals surface area contributed by atoms with Crippen LogP contribution in [0.25, 0.3) is 0 Å². The molecule has 1 aliphatic heterocycles. The van der Waals surface area contributed by atoms with Gasteiger partial charge in [0.25, 0.3) is 0 Å². The van der Waals surface area contributed by atoms with Crippen molar-refractivity contribution in [1.29, 1.82) is 0 Å². The van der Waals surface area contributed by atoms with Crippen LogP contribution in [0.3, 0.4) is 0 Å². The Balaban J connectivity index is 2.37. The van der Waals surface area contributed by atoms with Crippen molar-refractivity contribution in [2.75, 3.05) is 13.1 Å². The third kappa shape index (κ3) is 2.35. The molecular weight excluding hydrogens is 234 g/mol. The molecule has 2 nitrogen and oxygen atoms in total. The molecule has 2 atom stereocenters. The molecule has 1 saturated heterocycles. The van der Waals surface area contributed by atoms with Gasteiger partial charge in [0.15, 0.2) is 0 Å². The highest BCUT2D eigenvalue weighted by molar-refractivity contribution is 6.31. The molecule has 17 heavy (non-hydrogen) atoms. The molecule has 1 aromatic carbocycles. The predicted molar refractivity (Wildman–Crippen MR) is 71.4 cm³/mol. The molecule has 0 aliphatic carbocycles. The smallest absolute Gasteiger partial charge is 0.0949 e. The van der Waals surface area contributed by atoms with Crippen LogP contribution in [-0.2, 0) is 5.60 Å². The standard InChI is InChI=1S/C14H20ClNO/c1-3-11-9-16-7-6-14(11,17)12-5-4-10(2)13(15)8-12/h4-5,8,11,16-17H,3,6-7,9H2,1-2H3. The van der Waals surface area contributed by atoms with Crippen LogP contribution < -0.4 is 5.32 Å². The molecule has 0 saturated carbocycles. The molecule has 94 valence electrons. The average Bonchev–Trinajstić information content (AvgIpc) is 2.33. The van der Waals surface area contributed by atoms with E-state index < -0.39 is 5.60 Å². The van der Waals surface area contributed by atoms with Crippen molar-refractivity contribution < 1.29 is 5.11 Å². The normalized spacial score (nSPS) is 29.3. The molecule has 0 bridgehead atoms. The summed E-state index contributed by atoms with van der Waals surface area (Å²) in [5.74, 6) is 0.259. The maximum absolute atomic E-state index is 10.9. The number of aryl methyl sites for hydroxylation is 1. The molecule has 1 aromatic rings. The highest BCUT2D eigenvalue weighted by atomic mass is 35.5. The van der Waals surface area contributed by atoms with Crippen LogP contribution in [0.2, 0.25) is 5.02 Å². The molecule has 2 unspecified atom stereocenters. The van der Waals surface area contributed by atoms with Gasteiger partial charge in [0.1, 0.15) is 0 Å². The Kier molecular flexibility index (Phi) is 3.76. The Morgan fingerprint density at radius 3 is 2.94 bits per heavy atom. The van der Waals surface area contributed by atoms with Gasteiger partial charge in [0.2, 0.25) is 0 Å². The average molecular weight is 254 g/mol. The predicted octanol–water partition coefficient (Wildman–Crippen LogP) is 2.86. The van der Waals surface area contributed by atoms with Gasteiger partial charge in [-0.05, 0) is 43.5 Å². The number of benzene rings is 1. The minimum atomic E-state index is -0.725. The van der Waals surface area contributed by atoms with Crippen LogP contribution in [-0.4, -0.2) is 18.2 Å². The Bertz CT molecular complexity index is 407. The third-order valence-corrected chi connectivity index (χ3v) is 4.32. The molecule has 0 aromatic heterocycles. The SMILES string of the molecule is CCC1CNCCC1(O)c1ccc(C)c(Cl)c1. The molecule has 0 amide bonds. The second kappa shape index (κ2) is 4.97. The molecule has 3 heteroatoms. The summed E-state index contributed by atoms with van der Waals surface area (Å²) in [6.45, 7) is 5.84. The Morgan fingerprint density at radius 1 is 1.53 bits per heavy atom. The maximum atomic E-state index is 10.9. The largest absolute Gasteiger partial charge is 0.385 e. The zero-order valence-corrected chi connectivity index (χ0v) is 11.2. The number of nitrogens with one attached hydrogen (secondary N) is 1. The number of hydrogen-bond donors (Lipinski definition) is 2. The molecule has 1 aliphatic rings. The van der Waals surface area contributed by atoms with Crippen molar-refractivity contribution in [3.8, 4) is 0 Å². The molecule has 2 rings (SSSR count). The first-order valence-corrected chi connectivity index (χ1v) is 6.65. The number of hydrogen-bond acceptors (Lipinski definition) is 2. The summed E-state index contributed by atoms with van der Waals surface area (Å²) in [5, 5.41) is 15.0. The van der Waals surface area contributed by atoms with Crippen LogP contribution >= 0.6 is 11.6 Å². The van der Waals surface area contributed by atoms with Crippen LogP contribution in [0, 0.1) is 12.8 Å². The van der Waals surface area contributed by atoms with E-state index in [1.54, 1.807) is 0 Å². The van der Waals surface area contributed by atoms with E-state index in [9.17, 15) is 5.11 Å². The van der Waals surface area contributed by atoms with E-state index in [1.165, 1.54) is 0 Å². The van der Waals surface area contributed by atoms with Crippen molar-refractivity contribution in [2.45, 2.75) is 32.3 Å². The van der Waals surface area contributed by atoms with E-state index in [0.717, 1.165) is 42.1 Å². The second-order valence-electron chi connectivity index (χ2n) is 4.95. The molecule has 1 fully saturated rings. The van der Waals surface area contributed by atoms with Gasteiger partial charge in [0, 0.05) is 17.5 Å². The lowest BCUT2D eigenvalue weighted by Crippen LogP contribution is -2.47. The monoisotopic (exact) mass is 253 g/mol. The minimum Gasteiger partial charge on any atom is -0.385 e. The fourth-order valence-electron chi connectivity index (χ4n) is 2.65. The lowest BCUT2D eigenvalue weighted by atomic mass is 9.75. The minimum absolute atomic E-state index is 0.259. The van der Waals surface area contributed by atoms with Crippen LogP contribution in [0.5, 0.6) is 0 Å². The van der Waals surface area contributed by atoms with Gasteiger partial charge in [-0.15, -0.1) is 0 Å². The lowest BCUT2D eigenvalue weighted by Gasteiger charge is -2.40. The van der Waals surface area contributed by atoms with Crippen molar-refractivity contribution in [3.63, 3.8) is 0 Å². The van der Waals surface area contributed by atoms with Gasteiger partial charge in [-0.2, -0.15) is 0 Å². The van der Waals surface area contributed by atoms with E-state index in [-0.39, 0.29) is 5.92 Å². The first kappa shape index (κ1) is 12.9. The summed E-state index contributed by atoms with van der Waals surface area (Å²) >= 11 is 6.16. The van der Waals surface area contributed by atoms with Crippen LogP contribution in [0.15, 0.2) is 18.2 Å². The van der Waals surface area contributed by atoms with Gasteiger partial charge >= 0.3 is 0 Å². The van der Waals surface area contributed by atoms with Crippen LogP contribution in [0.1, 0.15) is 30.9 Å². The number of rotatable bonds is 2. The first-order valence-electron chi connectivity index (χ1n) is 6.27. The Morgan fingerprint density at radius 2 is 2.29 bits per heavy atom. The molecular formula is C14H20ClNO. The summed E-state index contributed by atoms with van der Waals surface area (Å²) in [4.78, 5) is 0. The molecule has 0 spiro atoms. The van der Waals surface area contributed by atoms with Gasteiger partial charge in [-0.1, -0.05) is 30.7 Å². The molecule has 2 N–H and O–H groups in total. The van der Waals surface area contributed by atoms with Gasteiger partial charge in [-0.25, -0.2) is 0 Å². The summed E-state index contributed by atoms with van der Waals surface area (Å²) < 4.78 is 0. The second-order valence-corrected chi connectivity index (χ2v) is 5.35. The fourth-order valence-corrected chi connectivity index (χ4v) is 2.83. The van der Waals surface area contributed by atoms with Crippen LogP contribution in [0.4, 0.5) is 0 Å². The zero-order valence-electron chi connectivity index (χ0n) is 10.5.